The number of carbonyl (C=O) groups excluding carboxylic acids is 1. The number of rotatable bonds is 4. The molecule has 0 atom stereocenters. The topological polar surface area (TPSA) is 84.6 Å². The molecule has 0 saturated carbocycles. The summed E-state index contributed by atoms with van der Waals surface area (Å²) in [5.74, 6) is 0.362. The highest BCUT2D eigenvalue weighted by Crippen LogP contribution is 2.21. The van der Waals surface area contributed by atoms with Crippen LogP contribution in [0.4, 0.5) is 11.4 Å². The highest BCUT2D eigenvalue weighted by molar-refractivity contribution is 6.08. The van der Waals surface area contributed by atoms with Gasteiger partial charge in [-0.3, -0.25) is 4.79 Å². The van der Waals surface area contributed by atoms with Gasteiger partial charge < -0.3 is 20.9 Å². The summed E-state index contributed by atoms with van der Waals surface area (Å²) in [5.41, 5.74) is 6.89. The molecule has 4 N–H and O–H groups in total. The lowest BCUT2D eigenvalue weighted by Gasteiger charge is -2.09. The van der Waals surface area contributed by atoms with Crippen molar-refractivity contribution >= 4 is 17.3 Å². The number of hydrogen-bond acceptors (Lipinski definition) is 4. The predicted molar refractivity (Wildman–Crippen MR) is 78.1 cm³/mol. The van der Waals surface area contributed by atoms with Crippen LogP contribution in [0.25, 0.3) is 0 Å². The van der Waals surface area contributed by atoms with E-state index in [2.05, 4.69) is 5.32 Å². The van der Waals surface area contributed by atoms with E-state index in [-0.39, 0.29) is 17.2 Å². The third-order valence-corrected chi connectivity index (χ3v) is 2.70. The van der Waals surface area contributed by atoms with Crippen LogP contribution in [-0.2, 0) is 0 Å². The van der Waals surface area contributed by atoms with Gasteiger partial charge in [0.15, 0.2) is 0 Å². The zero-order chi connectivity index (χ0) is 14.5. The van der Waals surface area contributed by atoms with Crippen molar-refractivity contribution in [3.8, 4) is 11.5 Å². The second kappa shape index (κ2) is 5.97. The van der Waals surface area contributed by atoms with E-state index >= 15 is 0 Å². The smallest absolute Gasteiger partial charge is 0.257 e. The summed E-state index contributed by atoms with van der Waals surface area (Å²) in [6.07, 6.45) is 0. The molecule has 5 heteroatoms. The molecular formula is C15H16N2O3. The van der Waals surface area contributed by atoms with E-state index in [1.54, 1.807) is 24.3 Å². The van der Waals surface area contributed by atoms with E-state index < -0.39 is 0 Å². The van der Waals surface area contributed by atoms with Crippen molar-refractivity contribution in [2.24, 2.45) is 0 Å². The summed E-state index contributed by atoms with van der Waals surface area (Å²) in [7, 11) is 0. The van der Waals surface area contributed by atoms with E-state index in [4.69, 9.17) is 10.5 Å². The number of carbonyl (C=O) groups is 1. The van der Waals surface area contributed by atoms with Crippen LogP contribution in [0.5, 0.6) is 11.5 Å². The van der Waals surface area contributed by atoms with Gasteiger partial charge in [-0.1, -0.05) is 0 Å². The minimum Gasteiger partial charge on any atom is -0.508 e. The van der Waals surface area contributed by atoms with Crippen molar-refractivity contribution in [1.82, 2.24) is 0 Å². The van der Waals surface area contributed by atoms with Crippen molar-refractivity contribution in [2.75, 3.05) is 17.7 Å². The average molecular weight is 272 g/mol. The monoisotopic (exact) mass is 272 g/mol. The van der Waals surface area contributed by atoms with Crippen LogP contribution in [0, 0.1) is 0 Å². The zero-order valence-electron chi connectivity index (χ0n) is 11.1. The Labute approximate surface area is 117 Å². The van der Waals surface area contributed by atoms with Crippen LogP contribution in [0.15, 0.2) is 42.5 Å². The summed E-state index contributed by atoms with van der Waals surface area (Å²) in [6, 6.07) is 11.3. The fourth-order valence-corrected chi connectivity index (χ4v) is 1.74. The quantitative estimate of drug-likeness (QED) is 0.590. The van der Waals surface area contributed by atoms with Gasteiger partial charge in [-0.05, 0) is 49.4 Å². The lowest BCUT2D eigenvalue weighted by molar-refractivity contribution is 0.102. The lowest BCUT2D eigenvalue weighted by atomic mass is 10.1. The van der Waals surface area contributed by atoms with Crippen LogP contribution >= 0.6 is 0 Å². The number of anilines is 2. The number of nitrogens with one attached hydrogen (secondary N) is 1. The maximum atomic E-state index is 12.1. The molecule has 1 amide bonds. The molecule has 0 aliphatic rings. The Morgan fingerprint density at radius 3 is 2.60 bits per heavy atom. The number of ether oxygens (including phenoxy) is 1. The number of amides is 1. The van der Waals surface area contributed by atoms with Gasteiger partial charge in [0, 0.05) is 11.4 Å². The highest BCUT2D eigenvalue weighted by atomic mass is 16.5. The summed E-state index contributed by atoms with van der Waals surface area (Å²) in [5, 5.41) is 12.1. The second-order valence-electron chi connectivity index (χ2n) is 4.18. The number of phenols is 1. The van der Waals surface area contributed by atoms with Gasteiger partial charge in [0.1, 0.15) is 11.5 Å². The summed E-state index contributed by atoms with van der Waals surface area (Å²) < 4.78 is 5.32. The van der Waals surface area contributed by atoms with E-state index in [0.717, 1.165) is 5.75 Å². The maximum absolute atomic E-state index is 12.1. The van der Waals surface area contributed by atoms with Crippen LogP contribution in [0.2, 0.25) is 0 Å². The molecule has 0 aliphatic heterocycles. The number of phenolic OH excluding ortho intramolecular Hbond substituents is 1. The first-order chi connectivity index (χ1) is 9.60. The third kappa shape index (κ3) is 3.20. The number of nitrogens with two attached hydrogens (primary N) is 1. The van der Waals surface area contributed by atoms with Gasteiger partial charge in [0.25, 0.3) is 5.91 Å². The molecule has 0 radical (unpaired) electrons. The molecule has 0 bridgehead atoms. The molecule has 0 saturated heterocycles. The first kappa shape index (κ1) is 13.7. The predicted octanol–water partition coefficient (Wildman–Crippen LogP) is 2.63. The zero-order valence-corrected chi connectivity index (χ0v) is 11.1. The highest BCUT2D eigenvalue weighted by Gasteiger charge is 2.10. The number of aromatic hydroxyl groups is 1. The van der Waals surface area contributed by atoms with Crippen molar-refractivity contribution in [2.45, 2.75) is 6.92 Å². The first-order valence-corrected chi connectivity index (χ1v) is 6.23. The Bertz CT molecular complexity index is 609. The van der Waals surface area contributed by atoms with Gasteiger partial charge >= 0.3 is 0 Å². The van der Waals surface area contributed by atoms with E-state index in [1.165, 1.54) is 18.2 Å². The molecule has 0 fully saturated rings. The van der Waals surface area contributed by atoms with Crippen molar-refractivity contribution in [3.05, 3.63) is 48.0 Å². The molecule has 0 unspecified atom stereocenters. The molecule has 2 aromatic rings. The number of hydrogen-bond donors (Lipinski definition) is 3. The molecule has 20 heavy (non-hydrogen) atoms. The molecular weight excluding hydrogens is 256 g/mol. The minimum atomic E-state index is -0.373. The van der Waals surface area contributed by atoms with E-state index in [9.17, 15) is 9.90 Å². The Hall–Kier alpha value is -2.69. The molecule has 2 aromatic carbocycles. The van der Waals surface area contributed by atoms with Crippen LogP contribution in [0.1, 0.15) is 17.3 Å². The van der Waals surface area contributed by atoms with Crippen molar-refractivity contribution in [3.63, 3.8) is 0 Å². The van der Waals surface area contributed by atoms with Crippen molar-refractivity contribution < 1.29 is 14.6 Å². The van der Waals surface area contributed by atoms with Crippen LogP contribution in [0.3, 0.4) is 0 Å². The summed E-state index contributed by atoms with van der Waals surface area (Å²) in [4.78, 5) is 12.1. The normalized spacial score (nSPS) is 10.1. The Morgan fingerprint density at radius 2 is 1.95 bits per heavy atom. The molecule has 0 aliphatic carbocycles. The van der Waals surface area contributed by atoms with Crippen LogP contribution < -0.4 is 15.8 Å². The van der Waals surface area contributed by atoms with Gasteiger partial charge in [0.2, 0.25) is 0 Å². The number of benzene rings is 2. The Morgan fingerprint density at radius 1 is 1.25 bits per heavy atom. The Kier molecular flexibility index (Phi) is 4.10. The summed E-state index contributed by atoms with van der Waals surface area (Å²) >= 11 is 0. The standard InChI is InChI=1S/C15H16N2O3/c1-2-20-12-6-3-10(4-7-12)17-15(19)13-9-11(18)5-8-14(13)16/h3-9,18H,2,16H2,1H3,(H,17,19). The maximum Gasteiger partial charge on any atom is 0.257 e. The van der Waals surface area contributed by atoms with Gasteiger partial charge in [-0.2, -0.15) is 0 Å². The number of nitrogen functional groups attached to an aromatic ring is 1. The molecule has 5 nitrogen and oxygen atoms in total. The van der Waals surface area contributed by atoms with E-state index in [1.807, 2.05) is 6.92 Å². The third-order valence-electron chi connectivity index (χ3n) is 2.70. The molecule has 0 heterocycles. The molecule has 2 rings (SSSR count). The van der Waals surface area contributed by atoms with Crippen LogP contribution in [-0.4, -0.2) is 17.6 Å². The van der Waals surface area contributed by atoms with E-state index in [0.29, 0.717) is 18.0 Å². The van der Waals surface area contributed by atoms with Gasteiger partial charge in [0.05, 0.1) is 12.2 Å². The van der Waals surface area contributed by atoms with Gasteiger partial charge in [-0.25, -0.2) is 0 Å². The second-order valence-corrected chi connectivity index (χ2v) is 4.18. The first-order valence-electron chi connectivity index (χ1n) is 6.23. The largest absolute Gasteiger partial charge is 0.508 e. The molecule has 0 spiro atoms. The fraction of sp³-hybridized carbons (Fsp3) is 0.133. The minimum absolute atomic E-state index is 0.00366. The Balaban J connectivity index is 2.13. The van der Waals surface area contributed by atoms with Crippen molar-refractivity contribution in [1.29, 1.82) is 0 Å². The summed E-state index contributed by atoms with van der Waals surface area (Å²) in [6.45, 7) is 2.49. The lowest BCUT2D eigenvalue weighted by Crippen LogP contribution is -2.13. The molecule has 0 aromatic heterocycles. The molecule has 104 valence electrons. The average Bonchev–Trinajstić information content (AvgIpc) is 2.44. The van der Waals surface area contributed by atoms with Gasteiger partial charge in [-0.15, -0.1) is 0 Å². The SMILES string of the molecule is CCOc1ccc(NC(=O)c2cc(O)ccc2N)cc1. The fourth-order valence-electron chi connectivity index (χ4n) is 1.74.